The highest BCUT2D eigenvalue weighted by Crippen LogP contribution is 2.18. The lowest BCUT2D eigenvalue weighted by Crippen LogP contribution is -2.19. The van der Waals surface area contributed by atoms with Gasteiger partial charge in [-0.05, 0) is 49.4 Å². The summed E-state index contributed by atoms with van der Waals surface area (Å²) >= 11 is 0. The van der Waals surface area contributed by atoms with E-state index in [0.717, 1.165) is 24.9 Å². The van der Waals surface area contributed by atoms with Gasteiger partial charge in [0.1, 0.15) is 0 Å². The number of rotatable bonds is 5. The van der Waals surface area contributed by atoms with Gasteiger partial charge in [-0.15, -0.1) is 0 Å². The minimum atomic E-state index is -0.449. The van der Waals surface area contributed by atoms with Crippen LogP contribution in [0.1, 0.15) is 30.9 Å². The number of carbonyl (C=O) groups excluding carboxylic acids is 1. The van der Waals surface area contributed by atoms with E-state index in [0.29, 0.717) is 0 Å². The third-order valence-corrected chi connectivity index (χ3v) is 3.09. The molecule has 0 aliphatic heterocycles. The highest BCUT2D eigenvalue weighted by molar-refractivity contribution is 5.84. The Hall–Kier alpha value is -1.55. The molecule has 0 aliphatic carbocycles. The lowest BCUT2D eigenvalue weighted by atomic mass is 9.99. The summed E-state index contributed by atoms with van der Waals surface area (Å²) in [4.78, 5) is 11.1. The van der Waals surface area contributed by atoms with Gasteiger partial charge >= 0.3 is 6.09 Å². The minimum absolute atomic E-state index is 0.238. The first-order valence-electron chi connectivity index (χ1n) is 6.27. The third kappa shape index (κ3) is 4.37. The number of methoxy groups -OCH3 is 1. The summed E-state index contributed by atoms with van der Waals surface area (Å²) in [6.45, 7) is 4.15. The maximum absolute atomic E-state index is 11.1. The summed E-state index contributed by atoms with van der Waals surface area (Å²) in [5.74, 6) is 0. The molecule has 100 valence electrons. The molecule has 0 unspecified atom stereocenters. The molecule has 1 aromatic carbocycles. The SMILES string of the molecule is CC[C@@H](N)CCc1cc(NC(=O)OC)ccc1C. The van der Waals surface area contributed by atoms with Crippen molar-refractivity contribution in [2.75, 3.05) is 12.4 Å². The molecule has 0 bridgehead atoms. The van der Waals surface area contributed by atoms with E-state index in [4.69, 9.17) is 5.73 Å². The van der Waals surface area contributed by atoms with Gasteiger partial charge in [0.25, 0.3) is 0 Å². The van der Waals surface area contributed by atoms with Crippen molar-refractivity contribution in [1.82, 2.24) is 0 Å². The standard InChI is InChI=1S/C14H22N2O2/c1-4-12(15)7-6-11-9-13(8-5-10(11)2)16-14(17)18-3/h5,8-9,12H,4,6-7,15H2,1-3H3,(H,16,17)/t12-/m1/s1. The quantitative estimate of drug-likeness (QED) is 0.844. The molecule has 1 aromatic rings. The number of nitrogens with two attached hydrogens (primary N) is 1. The second kappa shape index (κ2) is 7.01. The van der Waals surface area contributed by atoms with Crippen LogP contribution >= 0.6 is 0 Å². The average molecular weight is 250 g/mol. The minimum Gasteiger partial charge on any atom is -0.453 e. The van der Waals surface area contributed by atoms with Crippen LogP contribution in [0.3, 0.4) is 0 Å². The van der Waals surface area contributed by atoms with Gasteiger partial charge in [0.15, 0.2) is 0 Å². The van der Waals surface area contributed by atoms with Gasteiger partial charge in [0, 0.05) is 11.7 Å². The van der Waals surface area contributed by atoms with E-state index in [1.807, 2.05) is 18.2 Å². The molecule has 1 amide bonds. The van der Waals surface area contributed by atoms with Crippen molar-refractivity contribution in [3.8, 4) is 0 Å². The molecule has 0 saturated carbocycles. The molecule has 1 atom stereocenters. The molecule has 4 heteroatoms. The van der Waals surface area contributed by atoms with Crippen LogP contribution in [0.15, 0.2) is 18.2 Å². The number of hydrogen-bond donors (Lipinski definition) is 2. The number of ether oxygens (including phenoxy) is 1. The van der Waals surface area contributed by atoms with Crippen molar-refractivity contribution in [2.24, 2.45) is 5.73 Å². The van der Waals surface area contributed by atoms with Gasteiger partial charge in [0.2, 0.25) is 0 Å². The van der Waals surface area contributed by atoms with Crippen LogP contribution in [0.25, 0.3) is 0 Å². The van der Waals surface area contributed by atoms with Crippen LogP contribution in [0.4, 0.5) is 10.5 Å². The molecule has 0 spiro atoms. The topological polar surface area (TPSA) is 64.3 Å². The Kier molecular flexibility index (Phi) is 5.65. The fourth-order valence-electron chi connectivity index (χ4n) is 1.73. The summed E-state index contributed by atoms with van der Waals surface area (Å²) in [6, 6.07) is 6.09. The normalized spacial score (nSPS) is 12.0. The zero-order valence-electron chi connectivity index (χ0n) is 11.3. The van der Waals surface area contributed by atoms with Crippen molar-refractivity contribution in [1.29, 1.82) is 0 Å². The Morgan fingerprint density at radius 1 is 1.50 bits per heavy atom. The van der Waals surface area contributed by atoms with Crippen molar-refractivity contribution < 1.29 is 9.53 Å². The maximum atomic E-state index is 11.1. The highest BCUT2D eigenvalue weighted by atomic mass is 16.5. The zero-order chi connectivity index (χ0) is 13.5. The molecule has 1 rings (SSSR count). The molecule has 4 nitrogen and oxygen atoms in total. The Morgan fingerprint density at radius 2 is 2.22 bits per heavy atom. The summed E-state index contributed by atoms with van der Waals surface area (Å²) in [5, 5.41) is 2.67. The lowest BCUT2D eigenvalue weighted by molar-refractivity contribution is 0.187. The molecule has 0 heterocycles. The first-order valence-corrected chi connectivity index (χ1v) is 6.27. The van der Waals surface area contributed by atoms with E-state index < -0.39 is 6.09 Å². The zero-order valence-corrected chi connectivity index (χ0v) is 11.3. The highest BCUT2D eigenvalue weighted by Gasteiger charge is 2.06. The van der Waals surface area contributed by atoms with Crippen LogP contribution < -0.4 is 11.1 Å². The van der Waals surface area contributed by atoms with Gasteiger partial charge in [-0.25, -0.2) is 4.79 Å². The predicted octanol–water partition coefficient (Wildman–Crippen LogP) is 2.84. The number of amides is 1. The Balaban J connectivity index is 2.71. The molecule has 0 aromatic heterocycles. The van der Waals surface area contributed by atoms with E-state index in [2.05, 4.69) is 23.9 Å². The van der Waals surface area contributed by atoms with Crippen molar-refractivity contribution in [2.45, 2.75) is 39.2 Å². The Bertz CT molecular complexity index is 405. The number of aryl methyl sites for hydroxylation is 2. The summed E-state index contributed by atoms with van der Waals surface area (Å²) in [7, 11) is 1.35. The first kappa shape index (κ1) is 14.5. The van der Waals surface area contributed by atoms with E-state index in [9.17, 15) is 4.79 Å². The number of anilines is 1. The van der Waals surface area contributed by atoms with E-state index in [1.165, 1.54) is 18.2 Å². The predicted molar refractivity (Wildman–Crippen MR) is 73.8 cm³/mol. The first-order chi connectivity index (χ1) is 8.56. The van der Waals surface area contributed by atoms with Crippen LogP contribution in [-0.4, -0.2) is 19.2 Å². The third-order valence-electron chi connectivity index (χ3n) is 3.09. The molecular formula is C14H22N2O2. The van der Waals surface area contributed by atoms with E-state index in [1.54, 1.807) is 0 Å². The van der Waals surface area contributed by atoms with Gasteiger partial charge < -0.3 is 10.5 Å². The molecule has 0 aliphatic rings. The summed E-state index contributed by atoms with van der Waals surface area (Å²) < 4.78 is 4.57. The number of nitrogens with one attached hydrogen (secondary N) is 1. The maximum Gasteiger partial charge on any atom is 0.411 e. The van der Waals surface area contributed by atoms with Crippen LogP contribution in [-0.2, 0) is 11.2 Å². The van der Waals surface area contributed by atoms with Crippen molar-refractivity contribution in [3.63, 3.8) is 0 Å². The molecule has 0 saturated heterocycles. The Labute approximate surface area is 109 Å². The van der Waals surface area contributed by atoms with E-state index in [-0.39, 0.29) is 6.04 Å². The fourth-order valence-corrected chi connectivity index (χ4v) is 1.73. The van der Waals surface area contributed by atoms with Gasteiger partial charge in [-0.3, -0.25) is 5.32 Å². The van der Waals surface area contributed by atoms with Gasteiger partial charge in [0.05, 0.1) is 7.11 Å². The Morgan fingerprint density at radius 3 is 2.83 bits per heavy atom. The number of hydrogen-bond acceptors (Lipinski definition) is 3. The second-order valence-corrected chi connectivity index (χ2v) is 4.46. The smallest absolute Gasteiger partial charge is 0.411 e. The molecule has 0 fully saturated rings. The monoisotopic (exact) mass is 250 g/mol. The molecule has 18 heavy (non-hydrogen) atoms. The summed E-state index contributed by atoms with van der Waals surface area (Å²) in [5.41, 5.74) is 9.11. The molecule has 0 radical (unpaired) electrons. The largest absolute Gasteiger partial charge is 0.453 e. The molecular weight excluding hydrogens is 228 g/mol. The van der Waals surface area contributed by atoms with Gasteiger partial charge in [-0.2, -0.15) is 0 Å². The fraction of sp³-hybridized carbons (Fsp3) is 0.500. The number of carbonyl (C=O) groups is 1. The number of benzene rings is 1. The van der Waals surface area contributed by atoms with Crippen molar-refractivity contribution in [3.05, 3.63) is 29.3 Å². The molecule has 3 N–H and O–H groups in total. The van der Waals surface area contributed by atoms with E-state index >= 15 is 0 Å². The van der Waals surface area contributed by atoms with Crippen LogP contribution in [0.5, 0.6) is 0 Å². The van der Waals surface area contributed by atoms with Crippen molar-refractivity contribution >= 4 is 11.8 Å². The van der Waals surface area contributed by atoms with Gasteiger partial charge in [-0.1, -0.05) is 13.0 Å². The lowest BCUT2D eigenvalue weighted by Gasteiger charge is -2.12. The van der Waals surface area contributed by atoms with Crippen LogP contribution in [0.2, 0.25) is 0 Å². The summed E-state index contributed by atoms with van der Waals surface area (Å²) in [6.07, 6.45) is 2.42. The van der Waals surface area contributed by atoms with Crippen LogP contribution in [0, 0.1) is 6.92 Å². The average Bonchev–Trinajstić information content (AvgIpc) is 2.38. The second-order valence-electron chi connectivity index (χ2n) is 4.46.